The van der Waals surface area contributed by atoms with E-state index >= 15 is 0 Å². The van der Waals surface area contributed by atoms with Crippen LogP contribution in [0.2, 0.25) is 5.02 Å². The van der Waals surface area contributed by atoms with Gasteiger partial charge >= 0.3 is 0 Å². The molecule has 16 heavy (non-hydrogen) atoms. The summed E-state index contributed by atoms with van der Waals surface area (Å²) < 4.78 is 0. The maximum Gasteiger partial charge on any atom is 0.135 e. The number of benzene rings is 2. The number of phenolic OH excluding ortho intramolecular Hbond substituents is 2. The molecule has 2 nitrogen and oxygen atoms in total. The van der Waals surface area contributed by atoms with Gasteiger partial charge in [0.05, 0.1) is 5.02 Å². The second-order valence-electron chi connectivity index (χ2n) is 3.21. The van der Waals surface area contributed by atoms with E-state index in [9.17, 15) is 5.11 Å². The van der Waals surface area contributed by atoms with Crippen LogP contribution in [0.5, 0.6) is 11.5 Å². The number of hydrogen-bond donors (Lipinski definition) is 2. The summed E-state index contributed by atoms with van der Waals surface area (Å²) in [5.41, 5.74) is 0. The van der Waals surface area contributed by atoms with Crippen LogP contribution in [0.1, 0.15) is 0 Å². The summed E-state index contributed by atoms with van der Waals surface area (Å²) >= 11 is 7.20. The van der Waals surface area contributed by atoms with Crippen molar-refractivity contribution in [1.82, 2.24) is 0 Å². The second kappa shape index (κ2) is 4.68. The van der Waals surface area contributed by atoms with E-state index in [1.807, 2.05) is 18.2 Å². The third-order valence-corrected chi connectivity index (χ3v) is 3.31. The summed E-state index contributed by atoms with van der Waals surface area (Å²) in [6.45, 7) is 0. The van der Waals surface area contributed by atoms with Gasteiger partial charge in [0.2, 0.25) is 0 Å². The Balaban J connectivity index is 2.20. The highest BCUT2D eigenvalue weighted by Gasteiger charge is 2.02. The van der Waals surface area contributed by atoms with Gasteiger partial charge in [0.1, 0.15) is 11.5 Å². The highest BCUT2D eigenvalue weighted by molar-refractivity contribution is 7.99. The Morgan fingerprint density at radius 2 is 1.50 bits per heavy atom. The zero-order chi connectivity index (χ0) is 11.5. The van der Waals surface area contributed by atoms with Crippen LogP contribution < -0.4 is 0 Å². The van der Waals surface area contributed by atoms with Crippen molar-refractivity contribution in [3.05, 3.63) is 47.5 Å². The predicted octanol–water partition coefficient (Wildman–Crippen LogP) is 3.90. The van der Waals surface area contributed by atoms with Crippen molar-refractivity contribution in [1.29, 1.82) is 0 Å². The van der Waals surface area contributed by atoms with E-state index in [4.69, 9.17) is 16.7 Å². The molecule has 0 atom stereocenters. The van der Waals surface area contributed by atoms with Crippen LogP contribution in [0, 0.1) is 0 Å². The van der Waals surface area contributed by atoms with Crippen molar-refractivity contribution in [3.8, 4) is 11.5 Å². The summed E-state index contributed by atoms with van der Waals surface area (Å²) in [6.07, 6.45) is 0. The number of rotatable bonds is 2. The van der Waals surface area contributed by atoms with Gasteiger partial charge in [0, 0.05) is 9.79 Å². The van der Waals surface area contributed by atoms with Crippen molar-refractivity contribution < 1.29 is 10.2 Å². The molecule has 2 aromatic carbocycles. The maximum absolute atomic E-state index is 9.44. The zero-order valence-corrected chi connectivity index (χ0v) is 9.79. The van der Waals surface area contributed by atoms with Crippen molar-refractivity contribution in [2.24, 2.45) is 0 Å². The first-order valence-electron chi connectivity index (χ1n) is 4.60. The molecule has 0 aliphatic rings. The molecule has 4 heteroatoms. The van der Waals surface area contributed by atoms with Crippen LogP contribution in [-0.2, 0) is 0 Å². The summed E-state index contributed by atoms with van der Waals surface area (Å²) in [5.74, 6) is 0.314. The topological polar surface area (TPSA) is 40.5 Å². The molecule has 0 aliphatic carbocycles. The van der Waals surface area contributed by atoms with Crippen LogP contribution in [0.15, 0.2) is 52.3 Å². The molecule has 0 aliphatic heterocycles. The van der Waals surface area contributed by atoms with Crippen molar-refractivity contribution >= 4 is 23.4 Å². The summed E-state index contributed by atoms with van der Waals surface area (Å²) in [4.78, 5) is 1.88. The molecule has 0 aromatic heterocycles. The third-order valence-electron chi connectivity index (χ3n) is 1.99. The van der Waals surface area contributed by atoms with Crippen LogP contribution in [0.4, 0.5) is 0 Å². The first-order chi connectivity index (χ1) is 7.65. The van der Waals surface area contributed by atoms with E-state index in [-0.39, 0.29) is 11.5 Å². The normalized spacial score (nSPS) is 10.3. The minimum Gasteiger partial charge on any atom is -0.508 e. The fraction of sp³-hybridized carbons (Fsp3) is 0. The van der Waals surface area contributed by atoms with E-state index in [0.29, 0.717) is 5.02 Å². The Morgan fingerprint density at radius 3 is 2.12 bits per heavy atom. The molecule has 0 saturated heterocycles. The van der Waals surface area contributed by atoms with E-state index in [1.165, 1.54) is 11.8 Å². The quantitative estimate of drug-likeness (QED) is 0.852. The molecule has 0 spiro atoms. The average molecular weight is 253 g/mol. The van der Waals surface area contributed by atoms with Crippen LogP contribution in [-0.4, -0.2) is 10.2 Å². The number of phenols is 2. The van der Waals surface area contributed by atoms with Gasteiger partial charge in [0.25, 0.3) is 0 Å². The Labute approximate surface area is 103 Å². The fourth-order valence-corrected chi connectivity index (χ4v) is 2.17. The monoisotopic (exact) mass is 252 g/mol. The molecular weight excluding hydrogens is 244 g/mol. The summed E-state index contributed by atoms with van der Waals surface area (Å²) in [6, 6.07) is 12.0. The standard InChI is InChI=1S/C12H9ClO2S/c13-11-6-5-10(7-12(11)15)16-9-3-1-8(14)2-4-9/h1-7,14-15H. The first-order valence-corrected chi connectivity index (χ1v) is 5.80. The van der Waals surface area contributed by atoms with Crippen LogP contribution >= 0.6 is 23.4 Å². The van der Waals surface area contributed by atoms with Gasteiger partial charge in [-0.2, -0.15) is 0 Å². The molecule has 2 rings (SSSR count). The number of aromatic hydroxyl groups is 2. The third kappa shape index (κ3) is 2.62. The summed E-state index contributed by atoms with van der Waals surface area (Å²) in [5, 5.41) is 18.9. The highest BCUT2D eigenvalue weighted by atomic mass is 35.5. The van der Waals surface area contributed by atoms with E-state index in [2.05, 4.69) is 0 Å². The Bertz CT molecular complexity index is 497. The molecule has 0 unspecified atom stereocenters. The fourth-order valence-electron chi connectivity index (χ4n) is 1.21. The smallest absolute Gasteiger partial charge is 0.135 e. The van der Waals surface area contributed by atoms with Gasteiger partial charge in [-0.15, -0.1) is 0 Å². The minimum absolute atomic E-state index is 0.0745. The Hall–Kier alpha value is -1.32. The molecule has 2 aromatic rings. The molecule has 0 radical (unpaired) electrons. The molecule has 82 valence electrons. The molecule has 0 amide bonds. The SMILES string of the molecule is Oc1ccc(Sc2ccc(Cl)c(O)c2)cc1. The molecule has 2 N–H and O–H groups in total. The average Bonchev–Trinajstić information content (AvgIpc) is 2.27. The second-order valence-corrected chi connectivity index (χ2v) is 4.76. The van der Waals surface area contributed by atoms with E-state index in [0.717, 1.165) is 9.79 Å². The van der Waals surface area contributed by atoms with Gasteiger partial charge in [-0.05, 0) is 42.5 Å². The largest absolute Gasteiger partial charge is 0.508 e. The number of halogens is 1. The Morgan fingerprint density at radius 1 is 0.875 bits per heavy atom. The van der Waals surface area contributed by atoms with Crippen LogP contribution in [0.3, 0.4) is 0 Å². The lowest BCUT2D eigenvalue weighted by Gasteiger charge is -2.03. The lowest BCUT2D eigenvalue weighted by Crippen LogP contribution is -1.74. The Kier molecular flexibility index (Phi) is 3.27. The lowest BCUT2D eigenvalue weighted by atomic mass is 10.3. The van der Waals surface area contributed by atoms with E-state index in [1.54, 1.807) is 24.3 Å². The van der Waals surface area contributed by atoms with Gasteiger partial charge in [0.15, 0.2) is 0 Å². The van der Waals surface area contributed by atoms with Crippen molar-refractivity contribution in [3.63, 3.8) is 0 Å². The highest BCUT2D eigenvalue weighted by Crippen LogP contribution is 2.33. The lowest BCUT2D eigenvalue weighted by molar-refractivity contribution is 0.473. The molecule has 0 fully saturated rings. The van der Waals surface area contributed by atoms with Gasteiger partial charge in [-0.3, -0.25) is 0 Å². The molecule has 0 saturated carbocycles. The molecule has 0 heterocycles. The van der Waals surface area contributed by atoms with Crippen molar-refractivity contribution in [2.75, 3.05) is 0 Å². The molecular formula is C12H9ClO2S. The van der Waals surface area contributed by atoms with E-state index < -0.39 is 0 Å². The molecule has 0 bridgehead atoms. The first kappa shape index (κ1) is 11.2. The van der Waals surface area contributed by atoms with Crippen molar-refractivity contribution in [2.45, 2.75) is 9.79 Å². The maximum atomic E-state index is 9.44. The van der Waals surface area contributed by atoms with Gasteiger partial charge in [-0.25, -0.2) is 0 Å². The van der Waals surface area contributed by atoms with Gasteiger partial charge < -0.3 is 10.2 Å². The van der Waals surface area contributed by atoms with Gasteiger partial charge in [-0.1, -0.05) is 23.4 Å². The number of hydrogen-bond acceptors (Lipinski definition) is 3. The van der Waals surface area contributed by atoms with Crippen LogP contribution in [0.25, 0.3) is 0 Å². The predicted molar refractivity (Wildman–Crippen MR) is 65.3 cm³/mol. The minimum atomic E-state index is 0.0745. The summed E-state index contributed by atoms with van der Waals surface area (Å²) in [7, 11) is 0. The zero-order valence-electron chi connectivity index (χ0n) is 8.22.